The van der Waals surface area contributed by atoms with Crippen LogP contribution in [-0.4, -0.2) is 63.5 Å². The minimum atomic E-state index is -0.675. The highest BCUT2D eigenvalue weighted by molar-refractivity contribution is 6.01. The number of benzene rings is 1. The fraction of sp³-hybridized carbons (Fsp3) is 0.421. The van der Waals surface area contributed by atoms with Crippen LogP contribution in [0.5, 0.6) is 5.88 Å². The second-order valence-electron chi connectivity index (χ2n) is 6.74. The van der Waals surface area contributed by atoms with Gasteiger partial charge in [0, 0.05) is 26.2 Å². The first-order valence-electron chi connectivity index (χ1n) is 9.08. The molecule has 3 rings (SSSR count). The Balaban J connectivity index is 2.12. The monoisotopic (exact) mass is 371 g/mol. The van der Waals surface area contributed by atoms with E-state index in [0.717, 1.165) is 36.3 Å². The number of aryl methyl sites for hydroxylation is 1. The minimum Gasteiger partial charge on any atom is -0.493 e. The normalized spacial score (nSPS) is 16.0. The van der Waals surface area contributed by atoms with Crippen molar-refractivity contribution in [2.24, 2.45) is 5.10 Å². The number of piperazine rings is 1. The van der Waals surface area contributed by atoms with Crippen LogP contribution in [0.2, 0.25) is 0 Å². The number of hydrogen-bond donors (Lipinski definition) is 2. The average molecular weight is 371 g/mol. The highest BCUT2D eigenvalue weighted by atomic mass is 16.3. The maximum Gasteiger partial charge on any atom is 0.335 e. The molecule has 0 atom stereocenters. The molecule has 0 saturated carbocycles. The smallest absolute Gasteiger partial charge is 0.335 e. The first-order chi connectivity index (χ1) is 12.9. The molecule has 2 heterocycles. The summed E-state index contributed by atoms with van der Waals surface area (Å²) in [7, 11) is 2.05. The third-order valence-electron chi connectivity index (χ3n) is 4.81. The van der Waals surface area contributed by atoms with Crippen LogP contribution in [0.1, 0.15) is 24.5 Å². The fourth-order valence-electron chi connectivity index (χ4n) is 3.19. The van der Waals surface area contributed by atoms with Gasteiger partial charge in [0.2, 0.25) is 5.88 Å². The van der Waals surface area contributed by atoms with Gasteiger partial charge in [0.05, 0.1) is 11.4 Å². The van der Waals surface area contributed by atoms with E-state index in [4.69, 9.17) is 0 Å². The molecule has 0 bridgehead atoms. The molecule has 2 N–H and O–H groups in total. The molecule has 1 aliphatic rings. The highest BCUT2D eigenvalue weighted by Gasteiger charge is 2.21. The quantitative estimate of drug-likeness (QED) is 0.779. The lowest BCUT2D eigenvalue weighted by atomic mass is 10.1. The minimum absolute atomic E-state index is 0.0410. The molecule has 0 aliphatic carbocycles. The van der Waals surface area contributed by atoms with Crippen LogP contribution < -0.4 is 11.2 Å². The van der Waals surface area contributed by atoms with Gasteiger partial charge in [-0.15, -0.1) is 0 Å². The van der Waals surface area contributed by atoms with E-state index in [1.807, 2.05) is 31.0 Å². The molecule has 0 spiro atoms. The van der Waals surface area contributed by atoms with E-state index < -0.39 is 11.2 Å². The van der Waals surface area contributed by atoms with Crippen molar-refractivity contribution in [3.63, 3.8) is 0 Å². The van der Waals surface area contributed by atoms with Crippen LogP contribution in [0.4, 0.5) is 0 Å². The number of H-pyrrole nitrogens is 1. The Bertz CT molecular complexity index is 968. The Morgan fingerprint density at radius 2 is 1.85 bits per heavy atom. The Morgan fingerprint density at radius 3 is 2.48 bits per heavy atom. The zero-order chi connectivity index (χ0) is 19.6. The van der Waals surface area contributed by atoms with Gasteiger partial charge in [-0.2, -0.15) is 5.10 Å². The van der Waals surface area contributed by atoms with Crippen LogP contribution in [0.25, 0.3) is 5.69 Å². The first kappa shape index (κ1) is 18.9. The summed E-state index contributed by atoms with van der Waals surface area (Å²) in [5.41, 5.74) is 0.525. The fourth-order valence-corrected chi connectivity index (χ4v) is 3.19. The van der Waals surface area contributed by atoms with E-state index in [-0.39, 0.29) is 11.4 Å². The Kier molecular flexibility index (Phi) is 5.46. The number of aromatic hydroxyl groups is 1. The summed E-state index contributed by atoms with van der Waals surface area (Å²) in [5, 5.41) is 17.3. The summed E-state index contributed by atoms with van der Waals surface area (Å²) in [6.07, 6.45) is 0.453. The largest absolute Gasteiger partial charge is 0.493 e. The third-order valence-corrected chi connectivity index (χ3v) is 4.81. The molecule has 27 heavy (non-hydrogen) atoms. The molecule has 0 radical (unpaired) electrons. The Morgan fingerprint density at radius 1 is 1.19 bits per heavy atom. The van der Waals surface area contributed by atoms with E-state index in [9.17, 15) is 14.7 Å². The number of aromatic nitrogens is 2. The summed E-state index contributed by atoms with van der Waals surface area (Å²) < 4.78 is 1.13. The number of rotatable bonds is 4. The molecule has 144 valence electrons. The number of aromatic amines is 1. The zero-order valence-electron chi connectivity index (χ0n) is 15.9. The molecule has 8 heteroatoms. The molecule has 1 aromatic heterocycles. The van der Waals surface area contributed by atoms with Crippen LogP contribution in [-0.2, 0) is 0 Å². The number of hydrazone groups is 1. The summed E-state index contributed by atoms with van der Waals surface area (Å²) in [6, 6.07) is 7.19. The van der Waals surface area contributed by atoms with Gasteiger partial charge in [-0.25, -0.2) is 9.36 Å². The van der Waals surface area contributed by atoms with Crippen molar-refractivity contribution in [1.82, 2.24) is 19.5 Å². The van der Waals surface area contributed by atoms with E-state index in [1.54, 1.807) is 12.1 Å². The van der Waals surface area contributed by atoms with Gasteiger partial charge in [-0.1, -0.05) is 25.1 Å². The SMILES string of the molecule is CC/C(=N\N1CCN(C)CC1)c1c(O)n(-c2ccccc2C)c(=O)[nH]c1=O. The number of para-hydroxylation sites is 1. The van der Waals surface area contributed by atoms with E-state index >= 15 is 0 Å². The van der Waals surface area contributed by atoms with Gasteiger partial charge in [-0.3, -0.25) is 14.8 Å². The van der Waals surface area contributed by atoms with Crippen molar-refractivity contribution in [2.45, 2.75) is 20.3 Å². The van der Waals surface area contributed by atoms with E-state index in [1.165, 1.54) is 0 Å². The molecule has 1 saturated heterocycles. The van der Waals surface area contributed by atoms with Crippen LogP contribution >= 0.6 is 0 Å². The topological polar surface area (TPSA) is 93.9 Å². The van der Waals surface area contributed by atoms with Crippen molar-refractivity contribution in [3.8, 4) is 11.6 Å². The summed E-state index contributed by atoms with van der Waals surface area (Å²) >= 11 is 0. The number of nitrogens with one attached hydrogen (secondary N) is 1. The average Bonchev–Trinajstić information content (AvgIpc) is 2.63. The van der Waals surface area contributed by atoms with Gasteiger partial charge >= 0.3 is 5.69 Å². The molecule has 1 fully saturated rings. The molecule has 0 amide bonds. The van der Waals surface area contributed by atoms with Gasteiger partial charge < -0.3 is 10.0 Å². The highest BCUT2D eigenvalue weighted by Crippen LogP contribution is 2.21. The van der Waals surface area contributed by atoms with Crippen molar-refractivity contribution in [2.75, 3.05) is 33.2 Å². The number of likely N-dealkylation sites (N-methyl/N-ethyl adjacent to an activating group) is 1. The first-order valence-corrected chi connectivity index (χ1v) is 9.08. The summed E-state index contributed by atoms with van der Waals surface area (Å²) in [4.78, 5) is 29.4. The van der Waals surface area contributed by atoms with Gasteiger partial charge in [0.25, 0.3) is 5.56 Å². The zero-order valence-corrected chi connectivity index (χ0v) is 15.9. The summed E-state index contributed by atoms with van der Waals surface area (Å²) in [5.74, 6) is -0.382. The summed E-state index contributed by atoms with van der Waals surface area (Å²) in [6.45, 7) is 6.96. The molecule has 1 aliphatic heterocycles. The lowest BCUT2D eigenvalue weighted by Crippen LogP contribution is -2.42. The van der Waals surface area contributed by atoms with Crippen molar-refractivity contribution < 1.29 is 5.11 Å². The Hall–Kier alpha value is -2.87. The predicted octanol–water partition coefficient (Wildman–Crippen LogP) is 0.901. The molecule has 2 aromatic rings. The lowest BCUT2D eigenvalue weighted by molar-refractivity contribution is 0.159. The standard InChI is InChI=1S/C19H25N5O3/c1-4-14(21-23-11-9-22(3)10-12-23)16-17(25)20-19(27)24(18(16)26)15-8-6-5-7-13(15)2/h5-8,26H,4,9-12H2,1-3H3,(H,20,25,27)/b21-14+. The van der Waals surface area contributed by atoms with Gasteiger partial charge in [-0.05, 0) is 32.0 Å². The second kappa shape index (κ2) is 7.79. The lowest BCUT2D eigenvalue weighted by Gasteiger charge is -2.31. The molecule has 0 unspecified atom stereocenters. The maximum absolute atomic E-state index is 12.5. The van der Waals surface area contributed by atoms with Crippen molar-refractivity contribution in [3.05, 3.63) is 56.2 Å². The molecule has 8 nitrogen and oxygen atoms in total. The maximum atomic E-state index is 12.5. The van der Waals surface area contributed by atoms with Crippen LogP contribution in [0.3, 0.4) is 0 Å². The number of hydrogen-bond acceptors (Lipinski definition) is 6. The molecule has 1 aromatic carbocycles. The third kappa shape index (κ3) is 3.80. The van der Waals surface area contributed by atoms with Gasteiger partial charge in [0.15, 0.2) is 0 Å². The van der Waals surface area contributed by atoms with Crippen molar-refractivity contribution in [1.29, 1.82) is 0 Å². The predicted molar refractivity (Wildman–Crippen MR) is 105 cm³/mol. The van der Waals surface area contributed by atoms with Crippen LogP contribution in [0, 0.1) is 6.92 Å². The van der Waals surface area contributed by atoms with Crippen molar-refractivity contribution >= 4 is 5.71 Å². The molecular weight excluding hydrogens is 346 g/mol. The van der Waals surface area contributed by atoms with Gasteiger partial charge in [0.1, 0.15) is 5.56 Å². The number of nitrogens with zero attached hydrogens (tertiary/aromatic N) is 4. The van der Waals surface area contributed by atoms with Crippen LogP contribution in [0.15, 0.2) is 39.0 Å². The van der Waals surface area contributed by atoms with E-state index in [2.05, 4.69) is 22.0 Å². The van der Waals surface area contributed by atoms with E-state index in [0.29, 0.717) is 17.8 Å². The Labute approximate surface area is 157 Å². The second-order valence-corrected chi connectivity index (χ2v) is 6.74. The molecular formula is C19H25N5O3.